The van der Waals surface area contributed by atoms with Gasteiger partial charge in [-0.15, -0.1) is 0 Å². The van der Waals surface area contributed by atoms with Gasteiger partial charge >= 0.3 is 5.97 Å². The second-order valence-electron chi connectivity index (χ2n) is 5.57. The van der Waals surface area contributed by atoms with Gasteiger partial charge in [-0.2, -0.15) is 0 Å². The summed E-state index contributed by atoms with van der Waals surface area (Å²) in [4.78, 5) is 24.1. The molecule has 27 heavy (non-hydrogen) atoms. The van der Waals surface area contributed by atoms with E-state index in [1.165, 1.54) is 19.1 Å². The van der Waals surface area contributed by atoms with Gasteiger partial charge in [-0.1, -0.05) is 11.6 Å². The minimum Gasteiger partial charge on any atom is -0.449 e. The van der Waals surface area contributed by atoms with Crippen molar-refractivity contribution in [3.63, 3.8) is 0 Å². The van der Waals surface area contributed by atoms with Crippen molar-refractivity contribution in [3.05, 3.63) is 58.6 Å². The normalized spacial score (nSPS) is 12.3. The van der Waals surface area contributed by atoms with Crippen molar-refractivity contribution in [2.45, 2.75) is 17.9 Å². The number of rotatable bonds is 5. The molecule has 0 spiro atoms. The van der Waals surface area contributed by atoms with Crippen molar-refractivity contribution < 1.29 is 31.5 Å². The lowest BCUT2D eigenvalue weighted by Crippen LogP contribution is -2.30. The topological polar surface area (TPSA) is 89.5 Å². The van der Waals surface area contributed by atoms with Crippen LogP contribution in [0, 0.1) is 11.6 Å². The Morgan fingerprint density at radius 2 is 1.81 bits per heavy atom. The molecule has 0 saturated heterocycles. The number of hydrogen-bond donors (Lipinski definition) is 1. The van der Waals surface area contributed by atoms with E-state index in [9.17, 15) is 26.8 Å². The number of halogens is 3. The van der Waals surface area contributed by atoms with Gasteiger partial charge in [-0.05, 0) is 37.3 Å². The average molecular weight is 418 g/mol. The Kier molecular flexibility index (Phi) is 6.17. The zero-order valence-corrected chi connectivity index (χ0v) is 15.7. The maximum atomic E-state index is 13.6. The van der Waals surface area contributed by atoms with Gasteiger partial charge in [0, 0.05) is 12.3 Å². The van der Waals surface area contributed by atoms with Crippen LogP contribution >= 0.6 is 11.6 Å². The maximum absolute atomic E-state index is 13.6. The highest BCUT2D eigenvalue weighted by atomic mass is 35.5. The largest absolute Gasteiger partial charge is 0.449 e. The number of sulfone groups is 1. The van der Waals surface area contributed by atoms with Crippen LogP contribution in [-0.2, 0) is 19.4 Å². The summed E-state index contributed by atoms with van der Waals surface area (Å²) in [6, 6.07) is 5.94. The van der Waals surface area contributed by atoms with E-state index in [-0.39, 0.29) is 15.5 Å². The maximum Gasteiger partial charge on any atom is 0.340 e. The Bertz CT molecular complexity index is 1010. The molecular weight excluding hydrogens is 404 g/mol. The number of ether oxygens (including phenoxy) is 1. The van der Waals surface area contributed by atoms with Crippen LogP contribution in [-0.4, -0.2) is 32.7 Å². The van der Waals surface area contributed by atoms with Crippen LogP contribution < -0.4 is 5.32 Å². The first-order valence-corrected chi connectivity index (χ1v) is 9.72. The zero-order valence-electron chi connectivity index (χ0n) is 14.1. The standard InChI is InChI=1S/C17H14ClF2NO5S/c1-9(16(22)21-15-7-10(19)3-6-14(15)20)26-17(23)12-8-11(27(2,24)25)4-5-13(12)18/h3-9H,1-2H3,(H,21,22). The van der Waals surface area contributed by atoms with E-state index in [0.717, 1.165) is 30.5 Å². The number of anilines is 1. The minimum atomic E-state index is -3.59. The molecule has 0 heterocycles. The van der Waals surface area contributed by atoms with Crippen molar-refractivity contribution in [2.75, 3.05) is 11.6 Å². The Labute approximate surface area is 159 Å². The number of nitrogens with one attached hydrogen (secondary N) is 1. The van der Waals surface area contributed by atoms with Crippen molar-refractivity contribution in [3.8, 4) is 0 Å². The Balaban J connectivity index is 2.15. The lowest BCUT2D eigenvalue weighted by molar-refractivity contribution is -0.123. The van der Waals surface area contributed by atoms with E-state index in [1.807, 2.05) is 0 Å². The quantitative estimate of drug-likeness (QED) is 0.754. The fourth-order valence-corrected chi connectivity index (χ4v) is 2.84. The van der Waals surface area contributed by atoms with Crippen molar-refractivity contribution >= 4 is 39.0 Å². The smallest absolute Gasteiger partial charge is 0.340 e. The zero-order chi connectivity index (χ0) is 20.4. The number of esters is 1. The molecule has 2 rings (SSSR count). The summed E-state index contributed by atoms with van der Waals surface area (Å²) >= 11 is 5.88. The molecule has 2 aromatic rings. The molecule has 0 aromatic heterocycles. The minimum absolute atomic E-state index is 0.0730. The van der Waals surface area contributed by atoms with E-state index >= 15 is 0 Å². The van der Waals surface area contributed by atoms with Gasteiger partial charge in [0.2, 0.25) is 0 Å². The number of benzene rings is 2. The van der Waals surface area contributed by atoms with E-state index in [4.69, 9.17) is 16.3 Å². The first kappa shape index (κ1) is 20.8. The lowest BCUT2D eigenvalue weighted by atomic mass is 10.2. The number of amides is 1. The average Bonchev–Trinajstić information content (AvgIpc) is 2.57. The predicted octanol–water partition coefficient (Wildman–Crippen LogP) is 3.21. The van der Waals surface area contributed by atoms with E-state index in [2.05, 4.69) is 5.32 Å². The van der Waals surface area contributed by atoms with Crippen LogP contribution in [0.25, 0.3) is 0 Å². The van der Waals surface area contributed by atoms with Crippen LogP contribution in [0.4, 0.5) is 14.5 Å². The van der Waals surface area contributed by atoms with Gasteiger partial charge < -0.3 is 10.1 Å². The molecule has 2 aromatic carbocycles. The molecule has 1 atom stereocenters. The third kappa shape index (κ3) is 5.24. The van der Waals surface area contributed by atoms with Crippen molar-refractivity contribution in [1.82, 2.24) is 0 Å². The van der Waals surface area contributed by atoms with E-state index in [0.29, 0.717) is 0 Å². The van der Waals surface area contributed by atoms with Gasteiger partial charge in [0.15, 0.2) is 15.9 Å². The summed E-state index contributed by atoms with van der Waals surface area (Å²) in [5, 5.41) is 2.02. The molecule has 144 valence electrons. The molecule has 0 saturated carbocycles. The number of carbonyl (C=O) groups is 2. The van der Waals surface area contributed by atoms with Gasteiger partial charge in [0.1, 0.15) is 11.6 Å². The summed E-state index contributed by atoms with van der Waals surface area (Å²) in [7, 11) is -3.59. The molecule has 10 heteroatoms. The van der Waals surface area contributed by atoms with Crippen LogP contribution in [0.5, 0.6) is 0 Å². The molecule has 6 nitrogen and oxygen atoms in total. The Hall–Kier alpha value is -2.52. The molecular formula is C17H14ClF2NO5S. The van der Waals surface area contributed by atoms with Crippen LogP contribution in [0.2, 0.25) is 5.02 Å². The monoisotopic (exact) mass is 417 g/mol. The molecule has 0 aliphatic rings. The van der Waals surface area contributed by atoms with Crippen LogP contribution in [0.1, 0.15) is 17.3 Å². The SMILES string of the molecule is CC(OC(=O)c1cc(S(C)(=O)=O)ccc1Cl)C(=O)Nc1cc(F)ccc1F. The third-order valence-electron chi connectivity index (χ3n) is 3.43. The van der Waals surface area contributed by atoms with Gasteiger partial charge in [0.25, 0.3) is 5.91 Å². The van der Waals surface area contributed by atoms with E-state index < -0.39 is 45.1 Å². The van der Waals surface area contributed by atoms with Gasteiger partial charge in [0.05, 0.1) is 21.2 Å². The summed E-state index contributed by atoms with van der Waals surface area (Å²) in [6.45, 7) is 1.21. The highest BCUT2D eigenvalue weighted by Gasteiger charge is 2.23. The summed E-state index contributed by atoms with van der Waals surface area (Å²) in [6.07, 6.45) is -0.437. The highest BCUT2D eigenvalue weighted by molar-refractivity contribution is 7.90. The van der Waals surface area contributed by atoms with E-state index in [1.54, 1.807) is 0 Å². The summed E-state index contributed by atoms with van der Waals surface area (Å²) in [5.74, 6) is -3.59. The molecule has 0 aliphatic heterocycles. The number of hydrogen-bond acceptors (Lipinski definition) is 5. The van der Waals surface area contributed by atoms with Crippen molar-refractivity contribution in [1.29, 1.82) is 0 Å². The molecule has 0 aliphatic carbocycles. The predicted molar refractivity (Wildman–Crippen MR) is 94.4 cm³/mol. The third-order valence-corrected chi connectivity index (χ3v) is 4.87. The Morgan fingerprint density at radius 3 is 2.44 bits per heavy atom. The second kappa shape index (κ2) is 8.01. The molecule has 1 unspecified atom stereocenters. The van der Waals surface area contributed by atoms with Crippen molar-refractivity contribution in [2.24, 2.45) is 0 Å². The molecule has 1 amide bonds. The van der Waals surface area contributed by atoms with Gasteiger partial charge in [-0.25, -0.2) is 22.0 Å². The van der Waals surface area contributed by atoms with Crippen LogP contribution in [0.15, 0.2) is 41.3 Å². The first-order valence-electron chi connectivity index (χ1n) is 7.45. The fraction of sp³-hybridized carbons (Fsp3) is 0.176. The molecule has 1 N–H and O–H groups in total. The lowest BCUT2D eigenvalue weighted by Gasteiger charge is -2.15. The summed E-state index contributed by atoms with van der Waals surface area (Å²) in [5.41, 5.74) is -0.670. The molecule has 0 radical (unpaired) electrons. The Morgan fingerprint density at radius 1 is 1.15 bits per heavy atom. The highest BCUT2D eigenvalue weighted by Crippen LogP contribution is 2.22. The number of carbonyl (C=O) groups excluding carboxylic acids is 2. The molecule has 0 fully saturated rings. The first-order chi connectivity index (χ1) is 12.5. The summed E-state index contributed by atoms with van der Waals surface area (Å²) < 4.78 is 54.8. The molecule has 0 bridgehead atoms. The van der Waals surface area contributed by atoms with Gasteiger partial charge in [-0.3, -0.25) is 4.79 Å². The fourth-order valence-electron chi connectivity index (χ4n) is 2.00. The second-order valence-corrected chi connectivity index (χ2v) is 8.00. The van der Waals surface area contributed by atoms with Crippen LogP contribution in [0.3, 0.4) is 0 Å².